The van der Waals surface area contributed by atoms with Crippen LogP contribution in [-0.4, -0.2) is 0 Å². The molecule has 0 bridgehead atoms. The van der Waals surface area contributed by atoms with E-state index in [0.29, 0.717) is 6.07 Å². The number of nitrogens with zero attached hydrogens (tertiary/aromatic N) is 1. The molecule has 2 nitrogen and oxygen atoms in total. The normalized spacial score (nSPS) is 11.3. The van der Waals surface area contributed by atoms with E-state index in [9.17, 15) is 17.6 Å². The van der Waals surface area contributed by atoms with Gasteiger partial charge in [0.05, 0.1) is 23.5 Å². The Labute approximate surface area is 99.1 Å². The van der Waals surface area contributed by atoms with Crippen molar-refractivity contribution in [3.8, 4) is 17.4 Å². The highest BCUT2D eigenvalue weighted by atomic mass is 19.4. The molecule has 0 atom stereocenters. The van der Waals surface area contributed by atoms with Gasteiger partial charge in [0.2, 0.25) is 0 Å². The lowest BCUT2D eigenvalue weighted by Crippen LogP contribution is -2.11. The van der Waals surface area contributed by atoms with Gasteiger partial charge in [-0.2, -0.15) is 18.4 Å². The van der Waals surface area contributed by atoms with Crippen LogP contribution in [0.5, 0.6) is 0 Å². The first-order valence-electron chi connectivity index (χ1n) is 4.79. The van der Waals surface area contributed by atoms with Crippen LogP contribution in [0.15, 0.2) is 34.9 Å². The Bertz CT molecular complexity index is 608. The van der Waals surface area contributed by atoms with Gasteiger partial charge in [0.25, 0.3) is 0 Å². The zero-order valence-electron chi connectivity index (χ0n) is 8.75. The molecule has 0 aliphatic heterocycles. The van der Waals surface area contributed by atoms with Crippen LogP contribution in [0.3, 0.4) is 0 Å². The highest BCUT2D eigenvalue weighted by Crippen LogP contribution is 2.40. The van der Waals surface area contributed by atoms with E-state index in [0.717, 1.165) is 12.3 Å². The fraction of sp³-hybridized carbons (Fsp3) is 0.0833. The molecular formula is C12H5F4NO. The number of alkyl halides is 3. The van der Waals surface area contributed by atoms with Gasteiger partial charge in [0.1, 0.15) is 17.1 Å². The van der Waals surface area contributed by atoms with Gasteiger partial charge in [-0.05, 0) is 24.3 Å². The van der Waals surface area contributed by atoms with E-state index >= 15 is 0 Å². The maximum Gasteiger partial charge on any atom is 0.419 e. The molecule has 2 rings (SSSR count). The number of hydrogen-bond acceptors (Lipinski definition) is 2. The molecule has 0 N–H and O–H groups in total. The van der Waals surface area contributed by atoms with Gasteiger partial charge in [-0.25, -0.2) is 4.39 Å². The number of rotatable bonds is 1. The maximum atomic E-state index is 13.4. The Hall–Kier alpha value is -2.29. The first kappa shape index (κ1) is 12.2. The summed E-state index contributed by atoms with van der Waals surface area (Å²) < 4.78 is 56.7. The van der Waals surface area contributed by atoms with E-state index in [4.69, 9.17) is 9.68 Å². The van der Waals surface area contributed by atoms with Crippen LogP contribution in [-0.2, 0) is 6.18 Å². The average molecular weight is 255 g/mol. The van der Waals surface area contributed by atoms with Crippen molar-refractivity contribution < 1.29 is 22.0 Å². The maximum absolute atomic E-state index is 13.4. The Kier molecular flexibility index (Phi) is 2.83. The molecule has 1 heterocycles. The van der Waals surface area contributed by atoms with Crippen LogP contribution >= 0.6 is 0 Å². The minimum absolute atomic E-state index is 0.196. The van der Waals surface area contributed by atoms with Crippen molar-refractivity contribution >= 4 is 0 Å². The summed E-state index contributed by atoms with van der Waals surface area (Å²) in [5, 5.41) is 8.82. The van der Waals surface area contributed by atoms with Crippen molar-refractivity contribution in [1.82, 2.24) is 0 Å². The number of furan rings is 1. The third-order valence-electron chi connectivity index (χ3n) is 2.33. The number of nitriles is 1. The van der Waals surface area contributed by atoms with Crippen molar-refractivity contribution in [2.24, 2.45) is 0 Å². The second-order valence-electron chi connectivity index (χ2n) is 3.43. The first-order chi connectivity index (χ1) is 8.45. The van der Waals surface area contributed by atoms with E-state index in [1.165, 1.54) is 12.1 Å². The molecule has 0 aliphatic rings. The molecule has 0 spiro atoms. The number of hydrogen-bond donors (Lipinski definition) is 0. The Balaban J connectivity index is 2.84. The van der Waals surface area contributed by atoms with Crippen LogP contribution in [0, 0.1) is 17.1 Å². The molecule has 0 radical (unpaired) electrons. The van der Waals surface area contributed by atoms with E-state index in [2.05, 4.69) is 0 Å². The van der Waals surface area contributed by atoms with Gasteiger partial charge in [-0.15, -0.1) is 0 Å². The summed E-state index contributed by atoms with van der Waals surface area (Å²) in [4.78, 5) is 0. The lowest BCUT2D eigenvalue weighted by Gasteiger charge is -2.13. The van der Waals surface area contributed by atoms with Crippen LogP contribution in [0.1, 0.15) is 11.1 Å². The molecule has 0 unspecified atom stereocenters. The molecule has 0 amide bonds. The average Bonchev–Trinajstić information content (AvgIpc) is 2.80. The molecule has 1 aromatic heterocycles. The number of halogens is 4. The summed E-state index contributed by atoms with van der Waals surface area (Å²) in [5.74, 6) is -1.63. The summed E-state index contributed by atoms with van der Waals surface area (Å²) in [5.41, 5.74) is -2.36. The van der Waals surface area contributed by atoms with Crippen molar-refractivity contribution in [3.63, 3.8) is 0 Å². The molecular weight excluding hydrogens is 250 g/mol. The summed E-state index contributed by atoms with van der Waals surface area (Å²) in [7, 11) is 0. The van der Waals surface area contributed by atoms with Gasteiger partial charge in [-0.3, -0.25) is 0 Å². The molecule has 0 saturated heterocycles. The van der Waals surface area contributed by atoms with Gasteiger partial charge < -0.3 is 4.42 Å². The predicted octanol–water partition coefficient (Wildman–Crippen LogP) is 3.98. The Morgan fingerprint density at radius 1 is 1.17 bits per heavy atom. The van der Waals surface area contributed by atoms with Gasteiger partial charge >= 0.3 is 6.18 Å². The summed E-state index contributed by atoms with van der Waals surface area (Å²) in [6.07, 6.45) is -3.75. The zero-order chi connectivity index (χ0) is 13.3. The first-order valence-corrected chi connectivity index (χ1v) is 4.79. The van der Waals surface area contributed by atoms with Crippen molar-refractivity contribution in [2.75, 3.05) is 0 Å². The second-order valence-corrected chi connectivity index (χ2v) is 3.43. The van der Waals surface area contributed by atoms with Gasteiger partial charge in [0, 0.05) is 0 Å². The Morgan fingerprint density at radius 2 is 1.89 bits per heavy atom. The van der Waals surface area contributed by atoms with E-state index in [1.54, 1.807) is 6.07 Å². The lowest BCUT2D eigenvalue weighted by atomic mass is 9.98. The standard InChI is InChI=1S/C12H5F4NO/c13-8-4-3-7(6-17)10(9-2-1-5-18-9)11(8)12(14,15)16/h1-5H. The Morgan fingerprint density at radius 3 is 2.39 bits per heavy atom. The summed E-state index contributed by atoms with van der Waals surface area (Å²) in [6, 6.07) is 5.81. The predicted molar refractivity (Wildman–Crippen MR) is 53.8 cm³/mol. The largest absolute Gasteiger partial charge is 0.464 e. The molecule has 0 aliphatic carbocycles. The quantitative estimate of drug-likeness (QED) is 0.723. The van der Waals surface area contributed by atoms with Crippen LogP contribution in [0.2, 0.25) is 0 Å². The van der Waals surface area contributed by atoms with Crippen LogP contribution < -0.4 is 0 Å². The lowest BCUT2D eigenvalue weighted by molar-refractivity contribution is -0.139. The van der Waals surface area contributed by atoms with E-state index in [-0.39, 0.29) is 11.3 Å². The molecule has 6 heteroatoms. The minimum Gasteiger partial charge on any atom is -0.464 e. The third kappa shape index (κ3) is 1.95. The van der Waals surface area contributed by atoms with Crippen LogP contribution in [0.4, 0.5) is 17.6 Å². The highest BCUT2D eigenvalue weighted by molar-refractivity contribution is 5.71. The molecule has 18 heavy (non-hydrogen) atoms. The second kappa shape index (κ2) is 4.18. The monoisotopic (exact) mass is 255 g/mol. The van der Waals surface area contributed by atoms with E-state index in [1.807, 2.05) is 0 Å². The number of benzene rings is 1. The van der Waals surface area contributed by atoms with Crippen LogP contribution in [0.25, 0.3) is 11.3 Å². The third-order valence-corrected chi connectivity index (χ3v) is 2.33. The summed E-state index contributed by atoms with van der Waals surface area (Å²) in [6.45, 7) is 0. The van der Waals surface area contributed by atoms with Crippen molar-refractivity contribution in [2.45, 2.75) is 6.18 Å². The minimum atomic E-state index is -4.90. The van der Waals surface area contributed by atoms with E-state index < -0.39 is 23.1 Å². The summed E-state index contributed by atoms with van der Waals surface area (Å²) >= 11 is 0. The van der Waals surface area contributed by atoms with Gasteiger partial charge in [0.15, 0.2) is 0 Å². The SMILES string of the molecule is N#Cc1ccc(F)c(C(F)(F)F)c1-c1ccco1. The van der Waals surface area contributed by atoms with Gasteiger partial charge in [-0.1, -0.05) is 0 Å². The molecule has 92 valence electrons. The molecule has 1 aromatic carbocycles. The fourth-order valence-electron chi connectivity index (χ4n) is 1.62. The highest BCUT2D eigenvalue weighted by Gasteiger charge is 2.39. The molecule has 0 saturated carbocycles. The topological polar surface area (TPSA) is 36.9 Å². The zero-order valence-corrected chi connectivity index (χ0v) is 8.75. The van der Waals surface area contributed by atoms with Crippen molar-refractivity contribution in [1.29, 1.82) is 5.26 Å². The molecule has 0 fully saturated rings. The van der Waals surface area contributed by atoms with Crippen molar-refractivity contribution in [3.05, 3.63) is 47.5 Å². The smallest absolute Gasteiger partial charge is 0.419 e. The molecule has 2 aromatic rings. The fourth-order valence-corrected chi connectivity index (χ4v) is 1.62.